The van der Waals surface area contributed by atoms with Gasteiger partial charge in [0.05, 0.1) is 16.5 Å². The van der Waals surface area contributed by atoms with Crippen LogP contribution in [-0.2, 0) is 0 Å². The molecule has 24 heavy (non-hydrogen) atoms. The number of fused-ring (bicyclic) bond motifs is 3. The van der Waals surface area contributed by atoms with Gasteiger partial charge in [0.1, 0.15) is 0 Å². The number of nitrogens with one attached hydrogen (secondary N) is 1. The zero-order valence-electron chi connectivity index (χ0n) is 13.8. The van der Waals surface area contributed by atoms with Gasteiger partial charge in [0, 0.05) is 17.7 Å². The summed E-state index contributed by atoms with van der Waals surface area (Å²) < 4.78 is 0. The second-order valence-electron chi connectivity index (χ2n) is 6.82. The molecule has 0 radical (unpaired) electrons. The minimum absolute atomic E-state index is 0.179. The first-order chi connectivity index (χ1) is 11.6. The predicted octanol–water partition coefficient (Wildman–Crippen LogP) is 5.04. The lowest BCUT2D eigenvalue weighted by atomic mass is 9.76. The van der Waals surface area contributed by atoms with Gasteiger partial charge in [-0.05, 0) is 43.4 Å². The third-order valence-corrected chi connectivity index (χ3v) is 5.40. The molecule has 4 heteroatoms. The highest BCUT2D eigenvalue weighted by Gasteiger charge is 2.39. The van der Waals surface area contributed by atoms with Crippen molar-refractivity contribution in [3.63, 3.8) is 0 Å². The highest BCUT2D eigenvalue weighted by molar-refractivity contribution is 5.69. The fraction of sp³-hybridized carbons (Fsp3) is 0.300. The summed E-state index contributed by atoms with van der Waals surface area (Å²) in [6.45, 7) is 3.93. The third-order valence-electron chi connectivity index (χ3n) is 5.40. The highest BCUT2D eigenvalue weighted by atomic mass is 16.6. The van der Waals surface area contributed by atoms with Crippen molar-refractivity contribution in [2.24, 2.45) is 5.92 Å². The molecule has 0 saturated carbocycles. The van der Waals surface area contributed by atoms with Crippen LogP contribution in [0.4, 0.5) is 11.4 Å². The standard InChI is InChI=1S/C20H20N2O2/c1-12-6-8-14(9-7-12)20-16-5-3-4-15(16)17-10-11-18(22(23)24)13(2)19(17)21-20/h3-4,6-11,15-16,20-21H,5H2,1-2H3. The fourth-order valence-electron chi connectivity index (χ4n) is 4.10. The minimum Gasteiger partial charge on any atom is -0.377 e. The summed E-state index contributed by atoms with van der Waals surface area (Å²) in [5.74, 6) is 0.785. The molecule has 1 N–H and O–H groups in total. The largest absolute Gasteiger partial charge is 0.377 e. The first-order valence-electron chi connectivity index (χ1n) is 8.34. The van der Waals surface area contributed by atoms with E-state index in [-0.39, 0.29) is 16.7 Å². The van der Waals surface area contributed by atoms with Crippen molar-refractivity contribution in [1.29, 1.82) is 0 Å². The zero-order chi connectivity index (χ0) is 16.8. The lowest BCUT2D eigenvalue weighted by Crippen LogP contribution is -2.29. The smallest absolute Gasteiger partial charge is 0.274 e. The molecule has 0 fully saturated rings. The number of anilines is 1. The van der Waals surface area contributed by atoms with E-state index >= 15 is 0 Å². The van der Waals surface area contributed by atoms with Crippen molar-refractivity contribution in [1.82, 2.24) is 0 Å². The van der Waals surface area contributed by atoms with E-state index < -0.39 is 0 Å². The number of rotatable bonds is 2. The average molecular weight is 320 g/mol. The number of nitro benzene ring substituents is 1. The van der Waals surface area contributed by atoms with Gasteiger partial charge in [-0.25, -0.2) is 0 Å². The number of aryl methyl sites for hydroxylation is 1. The van der Waals surface area contributed by atoms with Crippen LogP contribution in [0.5, 0.6) is 0 Å². The van der Waals surface area contributed by atoms with Gasteiger partial charge < -0.3 is 5.32 Å². The number of benzene rings is 2. The normalized spacial score (nSPS) is 24.2. The molecule has 3 unspecified atom stereocenters. The Morgan fingerprint density at radius 1 is 1.12 bits per heavy atom. The zero-order valence-corrected chi connectivity index (χ0v) is 13.8. The van der Waals surface area contributed by atoms with Gasteiger partial charge in [0.2, 0.25) is 0 Å². The molecule has 1 aliphatic heterocycles. The number of hydrogen-bond donors (Lipinski definition) is 1. The molecular weight excluding hydrogens is 300 g/mol. The average Bonchev–Trinajstić information content (AvgIpc) is 3.05. The summed E-state index contributed by atoms with van der Waals surface area (Å²) >= 11 is 0. The molecule has 2 aromatic rings. The van der Waals surface area contributed by atoms with E-state index in [1.165, 1.54) is 16.7 Å². The molecular formula is C20H20N2O2. The molecule has 0 saturated heterocycles. The van der Waals surface area contributed by atoms with Crippen LogP contribution in [0.25, 0.3) is 0 Å². The second kappa shape index (κ2) is 5.48. The monoisotopic (exact) mass is 320 g/mol. The van der Waals surface area contributed by atoms with Crippen LogP contribution >= 0.6 is 0 Å². The summed E-state index contributed by atoms with van der Waals surface area (Å²) in [7, 11) is 0. The quantitative estimate of drug-likeness (QED) is 0.479. The van der Waals surface area contributed by atoms with Crippen molar-refractivity contribution < 1.29 is 4.92 Å². The topological polar surface area (TPSA) is 55.2 Å². The fourth-order valence-corrected chi connectivity index (χ4v) is 4.10. The third kappa shape index (κ3) is 2.21. The van der Waals surface area contributed by atoms with E-state index in [4.69, 9.17) is 0 Å². The van der Waals surface area contributed by atoms with Crippen LogP contribution in [0.1, 0.15) is 40.6 Å². The first-order valence-corrected chi connectivity index (χ1v) is 8.34. The summed E-state index contributed by atoms with van der Waals surface area (Å²) in [5.41, 5.74) is 5.51. The first kappa shape index (κ1) is 14.9. The highest BCUT2D eigenvalue weighted by Crippen LogP contribution is 2.51. The number of hydrogen-bond acceptors (Lipinski definition) is 3. The number of nitrogens with zero attached hydrogens (tertiary/aromatic N) is 1. The van der Waals surface area contributed by atoms with Gasteiger partial charge >= 0.3 is 0 Å². The van der Waals surface area contributed by atoms with Crippen molar-refractivity contribution in [3.05, 3.63) is 80.9 Å². The SMILES string of the molecule is Cc1ccc(C2Nc3c(ccc([N+](=O)[O-])c3C)C3C=CCC32)cc1. The van der Waals surface area contributed by atoms with Crippen LogP contribution in [0.3, 0.4) is 0 Å². The minimum atomic E-state index is -0.297. The summed E-state index contributed by atoms with van der Waals surface area (Å²) in [4.78, 5) is 11.0. The summed E-state index contributed by atoms with van der Waals surface area (Å²) in [6.07, 6.45) is 5.53. The number of nitro groups is 1. The molecule has 122 valence electrons. The van der Waals surface area contributed by atoms with E-state index in [9.17, 15) is 10.1 Å². The Morgan fingerprint density at radius 2 is 1.88 bits per heavy atom. The summed E-state index contributed by atoms with van der Waals surface area (Å²) in [6, 6.07) is 12.3. The Labute approximate surface area is 141 Å². The van der Waals surface area contributed by atoms with Crippen LogP contribution < -0.4 is 5.32 Å². The van der Waals surface area contributed by atoms with Crippen molar-refractivity contribution in [2.75, 3.05) is 5.32 Å². The van der Waals surface area contributed by atoms with Gasteiger partial charge in [-0.15, -0.1) is 0 Å². The Balaban J connectivity index is 1.83. The van der Waals surface area contributed by atoms with Crippen LogP contribution in [-0.4, -0.2) is 4.92 Å². The molecule has 4 nitrogen and oxygen atoms in total. The van der Waals surface area contributed by atoms with Gasteiger partial charge in [0.25, 0.3) is 5.69 Å². The van der Waals surface area contributed by atoms with Crippen molar-refractivity contribution in [3.8, 4) is 0 Å². The Kier molecular flexibility index (Phi) is 3.41. The van der Waals surface area contributed by atoms with E-state index in [2.05, 4.69) is 48.7 Å². The van der Waals surface area contributed by atoms with Crippen LogP contribution in [0.15, 0.2) is 48.6 Å². The maximum atomic E-state index is 11.3. The maximum absolute atomic E-state index is 11.3. The molecule has 0 bridgehead atoms. The Hall–Kier alpha value is -2.62. The van der Waals surface area contributed by atoms with Gasteiger partial charge in [-0.1, -0.05) is 42.0 Å². The number of allylic oxidation sites excluding steroid dienone is 2. The lowest BCUT2D eigenvalue weighted by molar-refractivity contribution is -0.385. The molecule has 3 atom stereocenters. The van der Waals surface area contributed by atoms with Crippen molar-refractivity contribution in [2.45, 2.75) is 32.2 Å². The van der Waals surface area contributed by atoms with E-state index in [1.54, 1.807) is 6.07 Å². The maximum Gasteiger partial charge on any atom is 0.274 e. The Morgan fingerprint density at radius 3 is 2.58 bits per heavy atom. The van der Waals surface area contributed by atoms with Gasteiger partial charge in [0.15, 0.2) is 0 Å². The second-order valence-corrected chi connectivity index (χ2v) is 6.82. The van der Waals surface area contributed by atoms with E-state index in [0.717, 1.165) is 17.7 Å². The summed E-state index contributed by atoms with van der Waals surface area (Å²) in [5, 5.41) is 14.9. The van der Waals surface area contributed by atoms with Crippen LogP contribution in [0.2, 0.25) is 0 Å². The van der Waals surface area contributed by atoms with Gasteiger partial charge in [-0.3, -0.25) is 10.1 Å². The molecule has 1 aliphatic carbocycles. The lowest BCUT2D eigenvalue weighted by Gasteiger charge is -2.38. The van der Waals surface area contributed by atoms with Crippen LogP contribution in [0, 0.1) is 29.9 Å². The molecule has 2 aliphatic rings. The molecule has 0 aromatic heterocycles. The van der Waals surface area contributed by atoms with E-state index in [1.807, 2.05) is 13.0 Å². The predicted molar refractivity (Wildman–Crippen MR) is 95.4 cm³/mol. The molecule has 0 amide bonds. The van der Waals surface area contributed by atoms with E-state index in [0.29, 0.717) is 11.8 Å². The molecule has 0 spiro atoms. The van der Waals surface area contributed by atoms with Gasteiger partial charge in [-0.2, -0.15) is 0 Å². The van der Waals surface area contributed by atoms with Crippen molar-refractivity contribution >= 4 is 11.4 Å². The molecule has 1 heterocycles. The molecule has 4 rings (SSSR count). The molecule has 2 aromatic carbocycles. The Bertz CT molecular complexity index is 839.